The maximum atomic E-state index is 10.4. The molecule has 0 heterocycles. The summed E-state index contributed by atoms with van der Waals surface area (Å²) in [5.41, 5.74) is 10.7. The number of carbonyl (C=O) groups excluding carboxylic acids is 2. The van der Waals surface area contributed by atoms with Gasteiger partial charge in [-0.3, -0.25) is 9.98 Å². The Morgan fingerprint density at radius 3 is 0.947 bits per heavy atom. The first-order chi connectivity index (χ1) is 35.6. The Hall–Kier alpha value is -5.15. The molecule has 11 heteroatoms. The summed E-state index contributed by atoms with van der Waals surface area (Å²) in [4.78, 5) is 32.1. The summed E-state index contributed by atoms with van der Waals surface area (Å²) >= 11 is 0. The summed E-state index contributed by atoms with van der Waals surface area (Å²) < 4.78 is 0. The van der Waals surface area contributed by atoms with Crippen molar-refractivity contribution >= 4 is 34.7 Å². The molecule has 0 spiro atoms. The number of carboxylic acids is 2. The van der Waals surface area contributed by atoms with Crippen LogP contribution in [-0.2, 0) is 42.2 Å². The quantitative estimate of drug-likeness (QED) is 0.0157. The maximum Gasteiger partial charge on any atom is 2.00 e. The van der Waals surface area contributed by atoms with Crippen molar-refractivity contribution in [1.29, 1.82) is 0 Å². The Bertz CT molecular complexity index is 2200. The third-order valence-corrected chi connectivity index (χ3v) is 13.4. The number of carboxylic acid groups (broad SMARTS) is 2. The Kier molecular flexibility index (Phi) is 36.3. The van der Waals surface area contributed by atoms with E-state index in [1.165, 1.54) is 224 Å². The van der Waals surface area contributed by atoms with Gasteiger partial charge in [-0.15, -0.1) is 0 Å². The van der Waals surface area contributed by atoms with Gasteiger partial charge >= 0.3 is 16.5 Å². The van der Waals surface area contributed by atoms with Crippen LogP contribution in [0.15, 0.2) is 70.6 Å². The SMILES string of the molecule is CCCCCCCCC(=Nc1cc(CCCCC)cc(CCCCC)c1)C(CCCCCC)=Nc1cc(CCCCC)cc(CCCCC)c1.Cc1ccc(O)c(O)c1C(=O)[O-].Cc1ccc(O)c(O)c1C(=O)[O-].[Ni+2]. The van der Waals surface area contributed by atoms with Gasteiger partial charge in [0.05, 0.1) is 34.7 Å². The largest absolute Gasteiger partial charge is 2.00 e. The number of aliphatic imine (C=N–C) groups is 2. The predicted octanol–water partition coefficient (Wildman–Crippen LogP) is 15.7. The Morgan fingerprint density at radius 2 is 0.667 bits per heavy atom. The number of phenolic OH excluding ortho intramolecular Hbond substituents is 2. The van der Waals surface area contributed by atoms with Crippen LogP contribution < -0.4 is 10.2 Å². The van der Waals surface area contributed by atoms with E-state index >= 15 is 0 Å². The molecule has 75 heavy (non-hydrogen) atoms. The molecule has 0 aromatic heterocycles. The second-order valence-electron chi connectivity index (χ2n) is 20.1. The van der Waals surface area contributed by atoms with Crippen molar-refractivity contribution in [2.75, 3.05) is 0 Å². The van der Waals surface area contributed by atoms with Crippen LogP contribution in [0, 0.1) is 13.8 Å². The minimum Gasteiger partial charge on any atom is -0.545 e. The third kappa shape index (κ3) is 27.0. The topological polar surface area (TPSA) is 186 Å². The molecular weight excluding hydrogens is 983 g/mol. The number of aromatic hydroxyl groups is 4. The minimum absolute atomic E-state index is 0. The second kappa shape index (κ2) is 40.2. The number of unbranched alkanes of at least 4 members (excludes halogenated alkanes) is 16. The molecule has 10 nitrogen and oxygen atoms in total. The number of phenols is 4. The van der Waals surface area contributed by atoms with Crippen LogP contribution in [-0.4, -0.2) is 43.8 Å². The first-order valence-electron chi connectivity index (χ1n) is 28.5. The van der Waals surface area contributed by atoms with Gasteiger partial charge in [0, 0.05) is 11.1 Å². The second-order valence-corrected chi connectivity index (χ2v) is 20.1. The average molecular weight is 1080 g/mol. The van der Waals surface area contributed by atoms with Gasteiger partial charge in [0.2, 0.25) is 0 Å². The number of hydrogen-bond acceptors (Lipinski definition) is 10. The van der Waals surface area contributed by atoms with Gasteiger partial charge in [0.25, 0.3) is 0 Å². The fraction of sp³-hybridized carbons (Fsp3) is 0.562. The van der Waals surface area contributed by atoms with Crippen LogP contribution in [0.5, 0.6) is 23.0 Å². The molecule has 4 rings (SSSR count). The molecule has 0 amide bonds. The van der Waals surface area contributed by atoms with Gasteiger partial charge in [-0.05, 0) is 161 Å². The molecule has 0 unspecified atom stereocenters. The first kappa shape index (κ1) is 67.9. The Labute approximate surface area is 462 Å². The van der Waals surface area contributed by atoms with Crippen LogP contribution in [0.3, 0.4) is 0 Å². The number of hydrogen-bond donors (Lipinski definition) is 4. The van der Waals surface area contributed by atoms with E-state index < -0.39 is 34.9 Å². The van der Waals surface area contributed by atoms with E-state index in [0.29, 0.717) is 11.1 Å². The van der Waals surface area contributed by atoms with Gasteiger partial charge in [-0.1, -0.05) is 169 Å². The van der Waals surface area contributed by atoms with Crippen LogP contribution in [0.25, 0.3) is 0 Å². The van der Waals surface area contributed by atoms with E-state index in [-0.39, 0.29) is 27.6 Å². The van der Waals surface area contributed by atoms with Crippen molar-refractivity contribution in [2.24, 2.45) is 9.98 Å². The molecule has 0 atom stereocenters. The molecule has 4 aromatic rings. The smallest absolute Gasteiger partial charge is 0.545 e. The van der Waals surface area contributed by atoms with Crippen molar-refractivity contribution in [3.8, 4) is 23.0 Å². The number of carbonyl (C=O) groups is 2. The normalized spacial score (nSPS) is 11.3. The standard InChI is InChI=1S/C48H80N2.2C8H8O4.Ni/c1-7-13-19-21-22-28-34-48(50-46-39-43(31-25-17-11-5)36-44(40-46)32-26-18-12-6)47(33-27-20-14-8-2)49-45-37-41(29-23-15-9-3)35-42(38-45)30-24-16-10-4;2*1-4-2-3-5(9)7(10)6(4)8(11)12;/h35-40H,7-34H2,1-6H3;2*2-3,9-10H,1H3,(H,11,12);/q;;;+2/p-2. The fourth-order valence-electron chi connectivity index (χ4n) is 9.02. The molecule has 0 saturated carbocycles. The van der Waals surface area contributed by atoms with Gasteiger partial charge in [0.1, 0.15) is 0 Å². The molecule has 0 fully saturated rings. The summed E-state index contributed by atoms with van der Waals surface area (Å²) in [6, 6.07) is 19.8. The molecule has 418 valence electrons. The van der Waals surface area contributed by atoms with Crippen LogP contribution in [0.4, 0.5) is 11.4 Å². The Morgan fingerprint density at radius 1 is 0.400 bits per heavy atom. The summed E-state index contributed by atoms with van der Waals surface area (Å²) in [5.74, 6) is -5.20. The number of aromatic carboxylic acids is 2. The van der Waals surface area contributed by atoms with Crippen LogP contribution in [0.2, 0.25) is 0 Å². The van der Waals surface area contributed by atoms with E-state index in [1.54, 1.807) is 0 Å². The van der Waals surface area contributed by atoms with Crippen LogP contribution in [0.1, 0.15) is 250 Å². The number of nitrogens with zero attached hydrogens (tertiary/aromatic N) is 2. The van der Waals surface area contributed by atoms with E-state index in [4.69, 9.17) is 30.4 Å². The van der Waals surface area contributed by atoms with Gasteiger partial charge in [0.15, 0.2) is 23.0 Å². The maximum absolute atomic E-state index is 10.4. The van der Waals surface area contributed by atoms with Crippen molar-refractivity contribution in [3.63, 3.8) is 0 Å². The molecule has 4 N–H and O–H groups in total. The Balaban J connectivity index is 0.000000908. The van der Waals surface area contributed by atoms with Crippen molar-refractivity contribution < 1.29 is 56.7 Å². The van der Waals surface area contributed by atoms with E-state index in [0.717, 1.165) is 38.5 Å². The van der Waals surface area contributed by atoms with Crippen LogP contribution >= 0.6 is 0 Å². The fourth-order valence-corrected chi connectivity index (χ4v) is 9.02. The zero-order chi connectivity index (χ0) is 54.7. The number of rotatable bonds is 33. The summed E-state index contributed by atoms with van der Waals surface area (Å²) in [6.07, 6.45) is 34.9. The molecule has 0 aliphatic carbocycles. The summed E-state index contributed by atoms with van der Waals surface area (Å²) in [6.45, 7) is 16.9. The first-order valence-corrected chi connectivity index (χ1v) is 28.5. The van der Waals surface area contributed by atoms with Crippen molar-refractivity contribution in [1.82, 2.24) is 0 Å². The molecule has 0 aliphatic heterocycles. The van der Waals surface area contributed by atoms with Crippen molar-refractivity contribution in [2.45, 2.75) is 235 Å². The predicted molar refractivity (Wildman–Crippen MR) is 304 cm³/mol. The molecule has 0 bridgehead atoms. The summed E-state index contributed by atoms with van der Waals surface area (Å²) in [7, 11) is 0. The minimum atomic E-state index is -1.50. The molecule has 0 aliphatic rings. The van der Waals surface area contributed by atoms with Gasteiger partial charge in [-0.25, -0.2) is 0 Å². The monoisotopic (exact) mass is 1080 g/mol. The zero-order valence-electron chi connectivity index (χ0n) is 47.2. The molecule has 0 radical (unpaired) electrons. The van der Waals surface area contributed by atoms with Crippen molar-refractivity contribution in [3.05, 3.63) is 105 Å². The van der Waals surface area contributed by atoms with Gasteiger partial charge in [-0.2, -0.15) is 0 Å². The van der Waals surface area contributed by atoms with E-state index in [2.05, 4.69) is 77.9 Å². The van der Waals surface area contributed by atoms with Gasteiger partial charge < -0.3 is 40.2 Å². The van der Waals surface area contributed by atoms with E-state index in [1.807, 2.05) is 0 Å². The third-order valence-electron chi connectivity index (χ3n) is 13.4. The zero-order valence-corrected chi connectivity index (χ0v) is 48.2. The molecule has 0 saturated heterocycles. The average Bonchev–Trinajstić information content (AvgIpc) is 3.36. The number of aryl methyl sites for hydroxylation is 6. The number of benzene rings is 4. The van der Waals surface area contributed by atoms with E-state index in [9.17, 15) is 19.8 Å². The molecular formula is C64H94N2NiO8. The summed E-state index contributed by atoms with van der Waals surface area (Å²) in [5, 5.41) is 56.8. The molecule has 4 aromatic carbocycles.